The van der Waals surface area contributed by atoms with Crippen LogP contribution in [0.2, 0.25) is 0 Å². The molecule has 0 fully saturated rings. The van der Waals surface area contributed by atoms with Crippen molar-refractivity contribution in [3.05, 3.63) is 65.7 Å². The molecule has 23 heavy (non-hydrogen) atoms. The minimum Gasteiger partial charge on any atom is -0.493 e. The molecule has 2 aromatic rings. The lowest BCUT2D eigenvalue weighted by atomic mass is 9.86. The van der Waals surface area contributed by atoms with E-state index in [1.165, 1.54) is 0 Å². The zero-order chi connectivity index (χ0) is 16.8. The molecule has 0 saturated carbocycles. The van der Waals surface area contributed by atoms with Crippen LogP contribution >= 0.6 is 0 Å². The number of carbonyl (C=O) groups excluding carboxylic acids is 1. The molecule has 0 N–H and O–H groups in total. The Morgan fingerprint density at radius 1 is 0.957 bits per heavy atom. The molecular formula is C19H20O4. The van der Waals surface area contributed by atoms with Crippen molar-refractivity contribution in [3.8, 4) is 17.2 Å². The minimum atomic E-state index is -0.276. The van der Waals surface area contributed by atoms with Gasteiger partial charge in [-0.25, -0.2) is 0 Å². The number of benzene rings is 2. The fraction of sp³-hybridized carbons (Fsp3) is 0.211. The fourth-order valence-electron chi connectivity index (χ4n) is 2.60. The summed E-state index contributed by atoms with van der Waals surface area (Å²) in [6.07, 6.45) is 0.779. The van der Waals surface area contributed by atoms with Gasteiger partial charge in [0.15, 0.2) is 11.5 Å². The first-order chi connectivity index (χ1) is 11.2. The SMILES string of the molecule is C=C(C=O)[C@H](c1ccccc1)c1cc(OC)c(OC)c(OC)c1. The second kappa shape index (κ2) is 7.49. The Morgan fingerprint density at radius 2 is 1.52 bits per heavy atom. The van der Waals surface area contributed by atoms with E-state index in [0.29, 0.717) is 22.8 Å². The number of hydrogen-bond donors (Lipinski definition) is 0. The van der Waals surface area contributed by atoms with Crippen LogP contribution < -0.4 is 14.2 Å². The normalized spacial score (nSPS) is 11.4. The zero-order valence-corrected chi connectivity index (χ0v) is 13.5. The number of hydrogen-bond acceptors (Lipinski definition) is 4. The highest BCUT2D eigenvalue weighted by Gasteiger charge is 2.22. The molecule has 2 aromatic carbocycles. The van der Waals surface area contributed by atoms with E-state index in [0.717, 1.165) is 17.4 Å². The topological polar surface area (TPSA) is 44.8 Å². The Kier molecular flexibility index (Phi) is 5.41. The molecule has 0 bridgehead atoms. The molecule has 0 radical (unpaired) electrons. The van der Waals surface area contributed by atoms with Gasteiger partial charge < -0.3 is 14.2 Å². The highest BCUT2D eigenvalue weighted by atomic mass is 16.5. The van der Waals surface area contributed by atoms with Crippen molar-refractivity contribution in [2.24, 2.45) is 0 Å². The van der Waals surface area contributed by atoms with Gasteiger partial charge in [-0.3, -0.25) is 4.79 Å². The molecule has 0 unspecified atom stereocenters. The summed E-state index contributed by atoms with van der Waals surface area (Å²) < 4.78 is 16.1. The number of ether oxygens (including phenoxy) is 3. The number of aldehydes is 1. The third kappa shape index (κ3) is 3.37. The Balaban J connectivity index is 2.64. The van der Waals surface area contributed by atoms with E-state index in [4.69, 9.17) is 14.2 Å². The van der Waals surface area contributed by atoms with Crippen LogP contribution in [-0.4, -0.2) is 27.6 Å². The zero-order valence-electron chi connectivity index (χ0n) is 13.5. The second-order valence-corrected chi connectivity index (χ2v) is 5.00. The molecule has 0 heterocycles. The lowest BCUT2D eigenvalue weighted by Gasteiger charge is -2.21. The molecule has 4 heteroatoms. The Labute approximate surface area is 136 Å². The van der Waals surface area contributed by atoms with Gasteiger partial charge in [0.2, 0.25) is 5.75 Å². The van der Waals surface area contributed by atoms with E-state index in [1.807, 2.05) is 42.5 Å². The van der Waals surface area contributed by atoms with Gasteiger partial charge >= 0.3 is 0 Å². The first-order valence-corrected chi connectivity index (χ1v) is 7.15. The Hall–Kier alpha value is -2.75. The van der Waals surface area contributed by atoms with E-state index in [1.54, 1.807) is 21.3 Å². The maximum atomic E-state index is 11.3. The molecule has 0 aliphatic carbocycles. The molecule has 2 rings (SSSR count). The van der Waals surface area contributed by atoms with Crippen molar-refractivity contribution in [2.75, 3.05) is 21.3 Å². The van der Waals surface area contributed by atoms with Crippen molar-refractivity contribution in [2.45, 2.75) is 5.92 Å². The smallest absolute Gasteiger partial charge is 0.203 e. The van der Waals surface area contributed by atoms with Crippen LogP contribution in [-0.2, 0) is 4.79 Å². The van der Waals surface area contributed by atoms with Crippen LogP contribution in [0.4, 0.5) is 0 Å². The van der Waals surface area contributed by atoms with Crippen LogP contribution in [0, 0.1) is 0 Å². The van der Waals surface area contributed by atoms with E-state index < -0.39 is 0 Å². The van der Waals surface area contributed by atoms with Gasteiger partial charge in [-0.05, 0) is 28.8 Å². The molecule has 0 saturated heterocycles. The summed E-state index contributed by atoms with van der Waals surface area (Å²) in [7, 11) is 4.68. The maximum absolute atomic E-state index is 11.3. The number of rotatable bonds is 7. The maximum Gasteiger partial charge on any atom is 0.203 e. The summed E-state index contributed by atoms with van der Waals surface area (Å²) in [5, 5.41) is 0. The summed E-state index contributed by atoms with van der Waals surface area (Å²) in [6, 6.07) is 13.4. The molecule has 0 aromatic heterocycles. The van der Waals surface area contributed by atoms with E-state index in [-0.39, 0.29) is 5.92 Å². The molecule has 0 spiro atoms. The molecule has 120 valence electrons. The first kappa shape index (κ1) is 16.6. The first-order valence-electron chi connectivity index (χ1n) is 7.15. The number of carbonyl (C=O) groups is 1. The van der Waals surface area contributed by atoms with Gasteiger partial charge in [0.25, 0.3) is 0 Å². The molecule has 1 atom stereocenters. The summed E-state index contributed by atoms with van der Waals surface area (Å²) in [5.41, 5.74) is 2.28. The third-order valence-corrected chi connectivity index (χ3v) is 3.68. The van der Waals surface area contributed by atoms with Crippen LogP contribution in [0.1, 0.15) is 17.0 Å². The van der Waals surface area contributed by atoms with Crippen LogP contribution in [0.25, 0.3) is 0 Å². The summed E-state index contributed by atoms with van der Waals surface area (Å²) in [4.78, 5) is 11.3. The number of allylic oxidation sites excluding steroid dienone is 1. The monoisotopic (exact) mass is 312 g/mol. The fourth-order valence-corrected chi connectivity index (χ4v) is 2.60. The predicted octanol–water partition coefficient (Wildman–Crippen LogP) is 3.60. The molecule has 0 aliphatic heterocycles. The van der Waals surface area contributed by atoms with Crippen molar-refractivity contribution in [1.82, 2.24) is 0 Å². The average molecular weight is 312 g/mol. The lowest BCUT2D eigenvalue weighted by molar-refractivity contribution is -0.105. The van der Waals surface area contributed by atoms with Gasteiger partial charge in [-0.15, -0.1) is 0 Å². The highest BCUT2D eigenvalue weighted by Crippen LogP contribution is 2.42. The summed E-state index contributed by atoms with van der Waals surface area (Å²) in [5.74, 6) is 1.33. The van der Waals surface area contributed by atoms with Gasteiger partial charge in [0.1, 0.15) is 6.29 Å². The van der Waals surface area contributed by atoms with Gasteiger partial charge in [0.05, 0.1) is 21.3 Å². The van der Waals surface area contributed by atoms with E-state index in [9.17, 15) is 4.79 Å². The predicted molar refractivity (Wildman–Crippen MR) is 89.6 cm³/mol. The summed E-state index contributed by atoms with van der Waals surface area (Å²) >= 11 is 0. The minimum absolute atomic E-state index is 0.276. The van der Waals surface area contributed by atoms with Crippen molar-refractivity contribution in [1.29, 1.82) is 0 Å². The quantitative estimate of drug-likeness (QED) is 0.579. The summed E-state index contributed by atoms with van der Waals surface area (Å²) in [6.45, 7) is 3.90. The van der Waals surface area contributed by atoms with E-state index >= 15 is 0 Å². The second-order valence-electron chi connectivity index (χ2n) is 5.00. The highest BCUT2D eigenvalue weighted by molar-refractivity contribution is 5.77. The number of methoxy groups -OCH3 is 3. The molecule has 0 amide bonds. The van der Waals surface area contributed by atoms with Crippen molar-refractivity contribution >= 4 is 6.29 Å². The Morgan fingerprint density at radius 3 is 1.96 bits per heavy atom. The van der Waals surface area contributed by atoms with Gasteiger partial charge in [0, 0.05) is 5.92 Å². The van der Waals surface area contributed by atoms with Crippen LogP contribution in [0.5, 0.6) is 17.2 Å². The average Bonchev–Trinajstić information content (AvgIpc) is 2.61. The van der Waals surface area contributed by atoms with Crippen molar-refractivity contribution in [3.63, 3.8) is 0 Å². The van der Waals surface area contributed by atoms with Gasteiger partial charge in [-0.1, -0.05) is 36.9 Å². The van der Waals surface area contributed by atoms with Crippen LogP contribution in [0.15, 0.2) is 54.6 Å². The Bertz CT molecular complexity index is 667. The molecular weight excluding hydrogens is 292 g/mol. The lowest BCUT2D eigenvalue weighted by Crippen LogP contribution is -2.07. The third-order valence-electron chi connectivity index (χ3n) is 3.68. The van der Waals surface area contributed by atoms with Crippen molar-refractivity contribution < 1.29 is 19.0 Å². The molecule has 0 aliphatic rings. The van der Waals surface area contributed by atoms with E-state index in [2.05, 4.69) is 6.58 Å². The standard InChI is InChI=1S/C19H20O4/c1-13(12-20)18(14-8-6-5-7-9-14)15-10-16(21-2)19(23-4)17(11-15)22-3/h5-12,18H,1H2,2-4H3/t18-/m1/s1. The molecule has 4 nitrogen and oxygen atoms in total. The van der Waals surface area contributed by atoms with Crippen LogP contribution in [0.3, 0.4) is 0 Å². The van der Waals surface area contributed by atoms with Gasteiger partial charge in [-0.2, -0.15) is 0 Å². The largest absolute Gasteiger partial charge is 0.493 e.